The van der Waals surface area contributed by atoms with Crippen molar-refractivity contribution in [2.75, 3.05) is 19.6 Å². The van der Waals surface area contributed by atoms with Crippen LogP contribution in [0.5, 0.6) is 0 Å². The van der Waals surface area contributed by atoms with Crippen molar-refractivity contribution in [2.24, 2.45) is 0 Å². The molecule has 1 heterocycles. The van der Waals surface area contributed by atoms with Crippen molar-refractivity contribution in [1.82, 2.24) is 20.9 Å². The first-order chi connectivity index (χ1) is 15.5. The van der Waals surface area contributed by atoms with Crippen LogP contribution in [-0.2, 0) is 9.59 Å². The maximum absolute atomic E-state index is 12.8. The van der Waals surface area contributed by atoms with Crippen LogP contribution >= 0.6 is 11.6 Å². The molecule has 2 aromatic carbocycles. The number of amides is 4. The third-order valence-corrected chi connectivity index (χ3v) is 5.70. The van der Waals surface area contributed by atoms with Gasteiger partial charge in [0.15, 0.2) is 0 Å². The van der Waals surface area contributed by atoms with E-state index in [0.717, 1.165) is 12.8 Å². The zero-order valence-corrected chi connectivity index (χ0v) is 18.0. The molecule has 1 aliphatic heterocycles. The number of hydrogen-bond acceptors (Lipinski definition) is 4. The smallest absolute Gasteiger partial charge is 0.255 e. The summed E-state index contributed by atoms with van der Waals surface area (Å²) in [6.07, 6.45) is 1.76. The predicted octanol–water partition coefficient (Wildman–Crippen LogP) is 1.66. The van der Waals surface area contributed by atoms with Gasteiger partial charge in [-0.1, -0.05) is 29.8 Å². The Kier molecular flexibility index (Phi) is 6.41. The SMILES string of the molecule is O=C(CNC(=O)C1c2ccccc2C(=O)N1C1CC1)NCCNC(=O)c1ccc(Cl)cc1. The van der Waals surface area contributed by atoms with E-state index in [9.17, 15) is 19.2 Å². The Labute approximate surface area is 190 Å². The Morgan fingerprint density at radius 1 is 0.938 bits per heavy atom. The van der Waals surface area contributed by atoms with Gasteiger partial charge in [-0.05, 0) is 48.7 Å². The number of benzene rings is 2. The van der Waals surface area contributed by atoms with Crippen molar-refractivity contribution < 1.29 is 19.2 Å². The van der Waals surface area contributed by atoms with Crippen molar-refractivity contribution in [1.29, 1.82) is 0 Å². The molecule has 9 heteroatoms. The highest BCUT2D eigenvalue weighted by atomic mass is 35.5. The summed E-state index contributed by atoms with van der Waals surface area (Å²) < 4.78 is 0. The van der Waals surface area contributed by atoms with Gasteiger partial charge in [-0.3, -0.25) is 19.2 Å². The van der Waals surface area contributed by atoms with Gasteiger partial charge >= 0.3 is 0 Å². The Balaban J connectivity index is 1.23. The molecular formula is C23H23ClN4O4. The molecule has 2 aliphatic rings. The number of carbonyl (C=O) groups excluding carboxylic acids is 4. The van der Waals surface area contributed by atoms with Crippen molar-refractivity contribution in [3.05, 3.63) is 70.2 Å². The van der Waals surface area contributed by atoms with Gasteiger partial charge in [0, 0.05) is 35.3 Å². The third-order valence-electron chi connectivity index (χ3n) is 5.45. The summed E-state index contributed by atoms with van der Waals surface area (Å²) in [7, 11) is 0. The molecule has 1 unspecified atom stereocenters. The summed E-state index contributed by atoms with van der Waals surface area (Å²) in [4.78, 5) is 51.3. The standard InChI is InChI=1S/C23H23ClN4O4/c24-15-7-5-14(6-8-15)21(30)26-12-11-25-19(29)13-27-22(31)20-17-3-1-2-4-18(17)23(32)28(20)16-9-10-16/h1-8,16,20H,9-13H2,(H,25,29)(H,26,30)(H,27,31). The minimum Gasteiger partial charge on any atom is -0.353 e. The zero-order valence-electron chi connectivity index (χ0n) is 17.3. The van der Waals surface area contributed by atoms with Crippen molar-refractivity contribution in [3.8, 4) is 0 Å². The second-order valence-electron chi connectivity index (χ2n) is 7.76. The molecule has 1 fully saturated rings. The van der Waals surface area contributed by atoms with Gasteiger partial charge in [0.25, 0.3) is 11.8 Å². The molecule has 166 valence electrons. The van der Waals surface area contributed by atoms with Crippen molar-refractivity contribution in [3.63, 3.8) is 0 Å². The normalized spacial score (nSPS) is 17.0. The van der Waals surface area contributed by atoms with Crippen LogP contribution in [0.2, 0.25) is 5.02 Å². The summed E-state index contributed by atoms with van der Waals surface area (Å²) in [6.45, 7) is 0.239. The fraction of sp³-hybridized carbons (Fsp3) is 0.304. The van der Waals surface area contributed by atoms with E-state index in [1.54, 1.807) is 53.4 Å². The largest absolute Gasteiger partial charge is 0.353 e. The fourth-order valence-corrected chi connectivity index (χ4v) is 3.87. The second-order valence-corrected chi connectivity index (χ2v) is 8.20. The van der Waals surface area contributed by atoms with Gasteiger partial charge in [-0.25, -0.2) is 0 Å². The van der Waals surface area contributed by atoms with E-state index >= 15 is 0 Å². The summed E-state index contributed by atoms with van der Waals surface area (Å²) in [5.74, 6) is -1.16. The predicted molar refractivity (Wildman–Crippen MR) is 118 cm³/mol. The maximum atomic E-state index is 12.8. The van der Waals surface area contributed by atoms with Crippen LogP contribution in [0.3, 0.4) is 0 Å². The molecule has 3 N–H and O–H groups in total. The topological polar surface area (TPSA) is 108 Å². The number of halogens is 1. The first-order valence-electron chi connectivity index (χ1n) is 10.5. The van der Waals surface area contributed by atoms with Gasteiger partial charge in [-0.2, -0.15) is 0 Å². The lowest BCUT2D eigenvalue weighted by molar-refractivity contribution is -0.129. The average Bonchev–Trinajstić information content (AvgIpc) is 3.59. The minimum absolute atomic E-state index is 0.0729. The number of nitrogens with zero attached hydrogens (tertiary/aromatic N) is 1. The van der Waals surface area contributed by atoms with Crippen molar-refractivity contribution in [2.45, 2.75) is 24.9 Å². The monoisotopic (exact) mass is 454 g/mol. The molecule has 32 heavy (non-hydrogen) atoms. The van der Waals surface area contributed by atoms with Gasteiger partial charge in [0.1, 0.15) is 6.04 Å². The van der Waals surface area contributed by atoms with E-state index < -0.39 is 6.04 Å². The minimum atomic E-state index is -0.710. The van der Waals surface area contributed by atoms with E-state index in [-0.39, 0.29) is 49.3 Å². The highest BCUT2D eigenvalue weighted by Gasteiger charge is 2.47. The molecule has 4 amide bonds. The maximum Gasteiger partial charge on any atom is 0.255 e. The van der Waals surface area contributed by atoms with Gasteiger partial charge < -0.3 is 20.9 Å². The Morgan fingerprint density at radius 3 is 2.34 bits per heavy atom. The van der Waals surface area contributed by atoms with E-state index in [1.165, 1.54) is 0 Å². The second kappa shape index (κ2) is 9.40. The van der Waals surface area contributed by atoms with Gasteiger partial charge in [0.05, 0.1) is 6.54 Å². The molecule has 0 bridgehead atoms. The van der Waals surface area contributed by atoms with Gasteiger partial charge in [-0.15, -0.1) is 0 Å². The quantitative estimate of drug-likeness (QED) is 0.527. The Hall–Kier alpha value is -3.39. The first kappa shape index (κ1) is 21.8. The van der Waals surface area contributed by atoms with Crippen LogP contribution in [0.1, 0.15) is 45.2 Å². The number of rotatable bonds is 8. The van der Waals surface area contributed by atoms with E-state index in [2.05, 4.69) is 16.0 Å². The van der Waals surface area contributed by atoms with Crippen LogP contribution in [0, 0.1) is 0 Å². The summed E-state index contributed by atoms with van der Waals surface area (Å²) in [6, 6.07) is 12.9. The third kappa shape index (κ3) is 4.75. The summed E-state index contributed by atoms with van der Waals surface area (Å²) >= 11 is 5.80. The molecular weight excluding hydrogens is 432 g/mol. The van der Waals surface area contributed by atoms with E-state index in [4.69, 9.17) is 11.6 Å². The Morgan fingerprint density at radius 2 is 1.62 bits per heavy atom. The lowest BCUT2D eigenvalue weighted by atomic mass is 10.0. The molecule has 4 rings (SSSR count). The summed E-state index contributed by atoms with van der Waals surface area (Å²) in [5.41, 5.74) is 1.69. The van der Waals surface area contributed by atoms with E-state index in [0.29, 0.717) is 21.7 Å². The lowest BCUT2D eigenvalue weighted by Gasteiger charge is -2.24. The van der Waals surface area contributed by atoms with Crippen LogP contribution in [-0.4, -0.2) is 54.2 Å². The number of carbonyl (C=O) groups is 4. The molecule has 1 aliphatic carbocycles. The number of fused-ring (bicyclic) bond motifs is 1. The molecule has 1 saturated carbocycles. The number of hydrogen-bond donors (Lipinski definition) is 3. The highest BCUT2D eigenvalue weighted by Crippen LogP contribution is 2.41. The van der Waals surface area contributed by atoms with Crippen LogP contribution in [0.15, 0.2) is 48.5 Å². The molecule has 0 radical (unpaired) electrons. The zero-order chi connectivity index (χ0) is 22.7. The fourth-order valence-electron chi connectivity index (χ4n) is 3.74. The lowest BCUT2D eigenvalue weighted by Crippen LogP contribution is -2.44. The molecule has 0 saturated heterocycles. The molecule has 0 aromatic heterocycles. The average molecular weight is 455 g/mol. The summed E-state index contributed by atoms with van der Waals surface area (Å²) in [5, 5.41) is 8.52. The molecule has 2 aromatic rings. The van der Waals surface area contributed by atoms with Crippen LogP contribution < -0.4 is 16.0 Å². The molecule has 8 nitrogen and oxygen atoms in total. The van der Waals surface area contributed by atoms with Crippen LogP contribution in [0.25, 0.3) is 0 Å². The molecule has 1 atom stereocenters. The van der Waals surface area contributed by atoms with E-state index in [1.807, 2.05) is 0 Å². The van der Waals surface area contributed by atoms with Crippen molar-refractivity contribution >= 4 is 35.2 Å². The Bertz CT molecular complexity index is 1050. The highest BCUT2D eigenvalue weighted by molar-refractivity contribution is 6.30. The van der Waals surface area contributed by atoms with Crippen LogP contribution in [0.4, 0.5) is 0 Å². The molecule has 0 spiro atoms. The first-order valence-corrected chi connectivity index (χ1v) is 10.8. The van der Waals surface area contributed by atoms with Gasteiger partial charge in [0.2, 0.25) is 11.8 Å². The number of nitrogens with one attached hydrogen (secondary N) is 3.